The zero-order valence-electron chi connectivity index (χ0n) is 15.6. The highest BCUT2D eigenvalue weighted by Crippen LogP contribution is 2.18. The molecule has 6 nitrogen and oxygen atoms in total. The first-order valence-electron chi connectivity index (χ1n) is 9.19. The Balaban J connectivity index is 0.00000243. The molecule has 0 fully saturated rings. The van der Waals surface area contributed by atoms with E-state index in [0.29, 0.717) is 0 Å². The van der Waals surface area contributed by atoms with Crippen LogP contribution in [0.1, 0.15) is 55.2 Å². The van der Waals surface area contributed by atoms with Gasteiger partial charge < -0.3 is 15.2 Å². The van der Waals surface area contributed by atoms with Gasteiger partial charge in [0.2, 0.25) is 0 Å². The molecule has 0 saturated carbocycles. The zero-order chi connectivity index (χ0) is 17.5. The largest absolute Gasteiger partial charge is 0.356 e. The van der Waals surface area contributed by atoms with Crippen LogP contribution >= 0.6 is 35.3 Å². The van der Waals surface area contributed by atoms with Crippen molar-refractivity contribution >= 4 is 41.3 Å². The molecule has 1 unspecified atom stereocenters. The highest BCUT2D eigenvalue weighted by Gasteiger charge is 2.14. The van der Waals surface area contributed by atoms with E-state index in [-0.39, 0.29) is 30.0 Å². The minimum Gasteiger partial charge on any atom is -0.356 e. The number of fused-ring (bicyclic) bond motifs is 1. The molecule has 0 spiro atoms. The van der Waals surface area contributed by atoms with Crippen LogP contribution in [0.2, 0.25) is 0 Å². The number of aromatic nitrogens is 3. The summed E-state index contributed by atoms with van der Waals surface area (Å²) < 4.78 is 2.33. The molecule has 1 atom stereocenters. The van der Waals surface area contributed by atoms with E-state index in [9.17, 15) is 0 Å². The fourth-order valence-corrected chi connectivity index (χ4v) is 3.93. The van der Waals surface area contributed by atoms with E-state index >= 15 is 0 Å². The Bertz CT molecular complexity index is 682. The topological polar surface area (TPSA) is 67.1 Å². The van der Waals surface area contributed by atoms with Gasteiger partial charge in [0.1, 0.15) is 11.6 Å². The van der Waals surface area contributed by atoms with Gasteiger partial charge in [-0.15, -0.1) is 45.5 Å². The maximum absolute atomic E-state index is 4.40. The predicted octanol–water partition coefficient (Wildman–Crippen LogP) is 3.54. The first kappa shape index (κ1) is 21.1. The predicted molar refractivity (Wildman–Crippen MR) is 119 cm³/mol. The summed E-state index contributed by atoms with van der Waals surface area (Å²) in [5.41, 5.74) is 0. The molecule has 8 heteroatoms. The molecule has 0 bridgehead atoms. The molecule has 1 aliphatic heterocycles. The lowest BCUT2D eigenvalue weighted by atomic mass is 10.2. The van der Waals surface area contributed by atoms with Crippen LogP contribution in [-0.2, 0) is 19.4 Å². The molecule has 0 amide bonds. The maximum Gasteiger partial charge on any atom is 0.191 e. The summed E-state index contributed by atoms with van der Waals surface area (Å²) in [6.45, 7) is 4.11. The van der Waals surface area contributed by atoms with Crippen LogP contribution in [0.4, 0.5) is 0 Å². The van der Waals surface area contributed by atoms with Crippen LogP contribution in [0.3, 0.4) is 0 Å². The number of halogens is 1. The lowest BCUT2D eigenvalue weighted by molar-refractivity contribution is 0.592. The van der Waals surface area contributed by atoms with Gasteiger partial charge in [-0.1, -0.05) is 12.5 Å². The van der Waals surface area contributed by atoms with Gasteiger partial charge in [-0.2, -0.15) is 0 Å². The standard InChI is InChI=1S/C18H28N6S.HI/c1-14(15-8-7-13-25-15)21-18(19-2)20-11-6-10-17-23-22-16-9-4-3-5-12-24(16)17;/h7-8,13-14H,3-6,9-12H2,1-2H3,(H2,19,20,21);1H. The number of nitrogens with one attached hydrogen (secondary N) is 2. The van der Waals surface area contributed by atoms with Crippen molar-refractivity contribution in [1.82, 2.24) is 25.4 Å². The monoisotopic (exact) mass is 488 g/mol. The summed E-state index contributed by atoms with van der Waals surface area (Å²) in [7, 11) is 1.81. The zero-order valence-corrected chi connectivity index (χ0v) is 18.7. The van der Waals surface area contributed by atoms with E-state index in [1.165, 1.54) is 30.0 Å². The molecule has 1 aliphatic rings. The number of aryl methyl sites for hydroxylation is 2. The third-order valence-electron chi connectivity index (χ3n) is 4.60. The second-order valence-electron chi connectivity index (χ2n) is 6.48. The van der Waals surface area contributed by atoms with E-state index in [1.807, 2.05) is 7.05 Å². The fourth-order valence-electron chi connectivity index (χ4n) is 3.19. The number of nitrogens with zero attached hydrogens (tertiary/aromatic N) is 4. The van der Waals surface area contributed by atoms with Crippen molar-refractivity contribution in [3.05, 3.63) is 34.0 Å². The smallest absolute Gasteiger partial charge is 0.191 e. The van der Waals surface area contributed by atoms with Gasteiger partial charge in [0.05, 0.1) is 6.04 Å². The van der Waals surface area contributed by atoms with Gasteiger partial charge in [-0.05, 0) is 37.6 Å². The van der Waals surface area contributed by atoms with Crippen molar-refractivity contribution in [3.8, 4) is 0 Å². The summed E-state index contributed by atoms with van der Waals surface area (Å²) in [5.74, 6) is 3.15. The second kappa shape index (κ2) is 10.9. The molecule has 2 aromatic heterocycles. The SMILES string of the molecule is CN=C(NCCCc1nnc2n1CCCCC2)NC(C)c1cccs1.I. The van der Waals surface area contributed by atoms with Crippen LogP contribution in [0.15, 0.2) is 22.5 Å². The van der Waals surface area contributed by atoms with E-state index in [1.54, 1.807) is 11.3 Å². The quantitative estimate of drug-likeness (QED) is 0.283. The molecule has 0 radical (unpaired) electrons. The lowest BCUT2D eigenvalue weighted by Gasteiger charge is -2.17. The van der Waals surface area contributed by atoms with Gasteiger partial charge in [0.15, 0.2) is 5.96 Å². The van der Waals surface area contributed by atoms with E-state index in [2.05, 4.69) is 54.8 Å². The third-order valence-corrected chi connectivity index (χ3v) is 5.66. The van der Waals surface area contributed by atoms with Crippen LogP contribution in [-0.4, -0.2) is 34.3 Å². The number of rotatable bonds is 6. The summed E-state index contributed by atoms with van der Waals surface area (Å²) >= 11 is 1.76. The van der Waals surface area contributed by atoms with Crippen molar-refractivity contribution < 1.29 is 0 Å². The summed E-state index contributed by atoms with van der Waals surface area (Å²) in [5, 5.41) is 17.7. The first-order chi connectivity index (χ1) is 12.3. The van der Waals surface area contributed by atoms with E-state index in [0.717, 1.165) is 44.1 Å². The molecular weight excluding hydrogens is 459 g/mol. The molecule has 0 aliphatic carbocycles. The number of guanidine groups is 1. The second-order valence-corrected chi connectivity index (χ2v) is 7.46. The van der Waals surface area contributed by atoms with Gasteiger partial charge in [0, 0.05) is 37.9 Å². The van der Waals surface area contributed by atoms with Gasteiger partial charge in [-0.3, -0.25) is 4.99 Å². The van der Waals surface area contributed by atoms with Crippen molar-refractivity contribution in [1.29, 1.82) is 0 Å². The summed E-state index contributed by atoms with van der Waals surface area (Å²) in [6.07, 6.45) is 6.83. The van der Waals surface area contributed by atoms with E-state index < -0.39 is 0 Å². The van der Waals surface area contributed by atoms with Crippen molar-refractivity contribution in [2.24, 2.45) is 4.99 Å². The molecule has 0 saturated heterocycles. The molecule has 26 heavy (non-hydrogen) atoms. The Labute approximate surface area is 176 Å². The average Bonchev–Trinajstić information content (AvgIpc) is 3.23. The Morgan fingerprint density at radius 2 is 2.23 bits per heavy atom. The first-order valence-corrected chi connectivity index (χ1v) is 10.1. The minimum absolute atomic E-state index is 0. The third kappa shape index (κ3) is 5.67. The molecule has 2 N–H and O–H groups in total. The lowest BCUT2D eigenvalue weighted by Crippen LogP contribution is -2.39. The highest BCUT2D eigenvalue weighted by molar-refractivity contribution is 14.0. The molecule has 3 heterocycles. The van der Waals surface area contributed by atoms with Crippen molar-refractivity contribution in [2.45, 2.75) is 58.0 Å². The van der Waals surface area contributed by atoms with Gasteiger partial charge in [-0.25, -0.2) is 0 Å². The van der Waals surface area contributed by atoms with Gasteiger partial charge in [0.25, 0.3) is 0 Å². The molecular formula is C18H29IN6S. The Hall–Kier alpha value is -1.16. The Morgan fingerprint density at radius 1 is 1.35 bits per heavy atom. The van der Waals surface area contributed by atoms with Crippen LogP contribution in [0, 0.1) is 0 Å². The Kier molecular flexibility index (Phi) is 8.83. The molecule has 144 valence electrons. The minimum atomic E-state index is 0. The van der Waals surface area contributed by atoms with Crippen molar-refractivity contribution in [3.63, 3.8) is 0 Å². The number of thiophene rings is 1. The summed E-state index contributed by atoms with van der Waals surface area (Å²) in [4.78, 5) is 5.63. The summed E-state index contributed by atoms with van der Waals surface area (Å²) in [6, 6.07) is 4.49. The fraction of sp³-hybridized carbons (Fsp3) is 0.611. The van der Waals surface area contributed by atoms with Crippen molar-refractivity contribution in [2.75, 3.05) is 13.6 Å². The number of hydrogen-bond donors (Lipinski definition) is 2. The van der Waals surface area contributed by atoms with Crippen LogP contribution in [0.5, 0.6) is 0 Å². The van der Waals surface area contributed by atoms with Crippen LogP contribution in [0.25, 0.3) is 0 Å². The normalized spacial score (nSPS) is 15.5. The molecule has 3 rings (SSSR count). The Morgan fingerprint density at radius 3 is 3.00 bits per heavy atom. The average molecular weight is 488 g/mol. The maximum atomic E-state index is 4.40. The molecule has 2 aromatic rings. The van der Waals surface area contributed by atoms with E-state index in [4.69, 9.17) is 0 Å². The number of hydrogen-bond acceptors (Lipinski definition) is 4. The number of aliphatic imine (C=N–C) groups is 1. The molecule has 0 aromatic carbocycles. The van der Waals surface area contributed by atoms with Gasteiger partial charge >= 0.3 is 0 Å². The van der Waals surface area contributed by atoms with Crippen LogP contribution < -0.4 is 10.6 Å². The highest BCUT2D eigenvalue weighted by atomic mass is 127.